The molecule has 0 spiro atoms. The van der Waals surface area contributed by atoms with Gasteiger partial charge in [-0.3, -0.25) is 9.59 Å². The minimum atomic E-state index is -0.889. The van der Waals surface area contributed by atoms with Crippen LogP contribution >= 0.6 is 11.3 Å². The fourth-order valence-corrected chi connectivity index (χ4v) is 2.81. The second kappa shape index (κ2) is 5.14. The van der Waals surface area contributed by atoms with Crippen molar-refractivity contribution >= 4 is 23.1 Å². The van der Waals surface area contributed by atoms with E-state index in [2.05, 4.69) is 0 Å². The van der Waals surface area contributed by atoms with E-state index in [1.165, 1.54) is 18.3 Å². The van der Waals surface area contributed by atoms with Crippen LogP contribution in [-0.4, -0.2) is 16.9 Å². The van der Waals surface area contributed by atoms with E-state index >= 15 is 0 Å². The van der Waals surface area contributed by atoms with E-state index in [0.717, 1.165) is 10.4 Å². The first-order valence-electron chi connectivity index (χ1n) is 5.49. The van der Waals surface area contributed by atoms with Crippen LogP contribution in [0.25, 0.3) is 10.4 Å². The summed E-state index contributed by atoms with van der Waals surface area (Å²) >= 11 is 1.35. The van der Waals surface area contributed by atoms with Gasteiger partial charge in [0, 0.05) is 4.88 Å². The summed E-state index contributed by atoms with van der Waals surface area (Å²) in [5.41, 5.74) is 1.65. The molecule has 92 valence electrons. The van der Waals surface area contributed by atoms with Crippen molar-refractivity contribution in [2.75, 3.05) is 0 Å². The minimum Gasteiger partial charge on any atom is -0.481 e. The first-order chi connectivity index (χ1) is 8.58. The molecule has 0 aliphatic rings. The number of hydrogen-bond donors (Lipinski definition) is 1. The van der Waals surface area contributed by atoms with Crippen LogP contribution in [0.5, 0.6) is 0 Å². The predicted octanol–water partition coefficient (Wildman–Crippen LogP) is 3.24. The van der Waals surface area contributed by atoms with Gasteiger partial charge < -0.3 is 5.11 Å². The molecule has 0 saturated carbocycles. The highest BCUT2D eigenvalue weighted by Crippen LogP contribution is 2.33. The van der Waals surface area contributed by atoms with Crippen molar-refractivity contribution in [3.05, 3.63) is 46.8 Å². The molecule has 0 amide bonds. The number of hydrogen-bond acceptors (Lipinski definition) is 3. The van der Waals surface area contributed by atoms with Gasteiger partial charge in [-0.1, -0.05) is 30.3 Å². The van der Waals surface area contributed by atoms with Gasteiger partial charge in [0.15, 0.2) is 5.78 Å². The number of aliphatic carboxylic acids is 1. The quantitative estimate of drug-likeness (QED) is 0.858. The van der Waals surface area contributed by atoms with Gasteiger partial charge in [0.1, 0.15) is 0 Å². The van der Waals surface area contributed by atoms with Crippen LogP contribution in [0.2, 0.25) is 0 Å². The molecule has 0 atom stereocenters. The van der Waals surface area contributed by atoms with Gasteiger partial charge in [-0.2, -0.15) is 0 Å². The van der Waals surface area contributed by atoms with Crippen molar-refractivity contribution < 1.29 is 14.7 Å². The average molecular weight is 260 g/mol. The van der Waals surface area contributed by atoms with Crippen molar-refractivity contribution in [2.24, 2.45) is 0 Å². The van der Waals surface area contributed by atoms with Crippen LogP contribution < -0.4 is 0 Å². The molecule has 0 bridgehead atoms. The number of ketones is 1. The summed E-state index contributed by atoms with van der Waals surface area (Å²) in [5.74, 6) is -0.922. The smallest absolute Gasteiger partial charge is 0.307 e. The number of benzene rings is 1. The highest BCUT2D eigenvalue weighted by Gasteiger charge is 2.15. The van der Waals surface area contributed by atoms with Crippen LogP contribution in [-0.2, 0) is 11.2 Å². The largest absolute Gasteiger partial charge is 0.481 e. The number of thiophene rings is 1. The highest BCUT2D eigenvalue weighted by atomic mass is 32.1. The lowest BCUT2D eigenvalue weighted by Gasteiger charge is -2.00. The summed E-state index contributed by atoms with van der Waals surface area (Å²) < 4.78 is 0. The lowest BCUT2D eigenvalue weighted by molar-refractivity contribution is -0.136. The van der Waals surface area contributed by atoms with Crippen molar-refractivity contribution in [3.63, 3.8) is 0 Å². The highest BCUT2D eigenvalue weighted by molar-refractivity contribution is 7.17. The Morgan fingerprint density at radius 1 is 1.22 bits per heavy atom. The molecule has 4 heteroatoms. The van der Waals surface area contributed by atoms with E-state index in [0.29, 0.717) is 10.4 Å². The number of carboxylic acids is 1. The standard InChI is InChI=1S/C14H12O3S/c1-9(15)12-7-11(8-13(16)17)14(18-12)10-5-3-2-4-6-10/h2-7H,8H2,1H3,(H,16,17). The molecule has 0 saturated heterocycles. The zero-order valence-corrected chi connectivity index (χ0v) is 10.7. The fraction of sp³-hybridized carbons (Fsp3) is 0.143. The van der Waals surface area contributed by atoms with E-state index in [1.807, 2.05) is 30.3 Å². The van der Waals surface area contributed by atoms with Crippen LogP contribution in [0.4, 0.5) is 0 Å². The molecular formula is C14H12O3S. The van der Waals surface area contributed by atoms with Crippen LogP contribution in [0.15, 0.2) is 36.4 Å². The third-order valence-corrected chi connectivity index (χ3v) is 3.86. The van der Waals surface area contributed by atoms with E-state index in [-0.39, 0.29) is 12.2 Å². The lowest BCUT2D eigenvalue weighted by atomic mass is 10.1. The van der Waals surface area contributed by atoms with E-state index in [9.17, 15) is 9.59 Å². The summed E-state index contributed by atoms with van der Waals surface area (Å²) in [7, 11) is 0. The maximum absolute atomic E-state index is 11.4. The molecule has 18 heavy (non-hydrogen) atoms. The Balaban J connectivity index is 2.50. The van der Waals surface area contributed by atoms with Gasteiger partial charge in [-0.25, -0.2) is 0 Å². The van der Waals surface area contributed by atoms with E-state index in [1.54, 1.807) is 6.07 Å². The van der Waals surface area contributed by atoms with Gasteiger partial charge in [-0.15, -0.1) is 11.3 Å². The molecule has 1 heterocycles. The number of Topliss-reactive ketones (excluding diaryl/α,β-unsaturated/α-hetero) is 1. The third-order valence-electron chi connectivity index (χ3n) is 2.53. The summed E-state index contributed by atoms with van der Waals surface area (Å²) in [6, 6.07) is 11.2. The molecular weight excluding hydrogens is 248 g/mol. The fourth-order valence-electron chi connectivity index (χ4n) is 1.73. The van der Waals surface area contributed by atoms with Crippen LogP contribution in [0.1, 0.15) is 22.2 Å². The van der Waals surface area contributed by atoms with Crippen LogP contribution in [0, 0.1) is 0 Å². The lowest BCUT2D eigenvalue weighted by Crippen LogP contribution is -1.99. The van der Waals surface area contributed by atoms with Crippen molar-refractivity contribution in [1.82, 2.24) is 0 Å². The number of rotatable bonds is 4. The Kier molecular flexibility index (Phi) is 3.58. The monoisotopic (exact) mass is 260 g/mol. The molecule has 2 rings (SSSR count). The molecule has 1 aromatic heterocycles. The molecule has 0 aliphatic carbocycles. The van der Waals surface area contributed by atoms with Gasteiger partial charge in [0.25, 0.3) is 0 Å². The maximum atomic E-state index is 11.4. The number of carboxylic acid groups (broad SMARTS) is 1. The second-order valence-electron chi connectivity index (χ2n) is 3.96. The molecule has 0 unspecified atom stereocenters. The predicted molar refractivity (Wildman–Crippen MR) is 71.1 cm³/mol. The van der Waals surface area contributed by atoms with E-state index in [4.69, 9.17) is 5.11 Å². The summed E-state index contributed by atoms with van der Waals surface area (Å²) in [5, 5.41) is 8.91. The summed E-state index contributed by atoms with van der Waals surface area (Å²) in [4.78, 5) is 23.7. The SMILES string of the molecule is CC(=O)c1cc(CC(=O)O)c(-c2ccccc2)s1. The minimum absolute atomic E-state index is 0.0335. The van der Waals surface area contributed by atoms with Gasteiger partial charge in [0.2, 0.25) is 0 Å². The maximum Gasteiger partial charge on any atom is 0.307 e. The second-order valence-corrected chi connectivity index (χ2v) is 5.01. The molecule has 0 aliphatic heterocycles. The average Bonchev–Trinajstić information content (AvgIpc) is 2.73. The number of carbonyl (C=O) groups excluding carboxylic acids is 1. The molecule has 3 nitrogen and oxygen atoms in total. The van der Waals surface area contributed by atoms with Gasteiger partial charge >= 0.3 is 5.97 Å². The van der Waals surface area contributed by atoms with Gasteiger partial charge in [-0.05, 0) is 24.1 Å². The first kappa shape index (κ1) is 12.5. The van der Waals surface area contributed by atoms with Gasteiger partial charge in [0.05, 0.1) is 11.3 Å². The number of carbonyl (C=O) groups is 2. The van der Waals surface area contributed by atoms with Crippen molar-refractivity contribution in [1.29, 1.82) is 0 Å². The Hall–Kier alpha value is -1.94. The normalized spacial score (nSPS) is 10.3. The Bertz CT molecular complexity index is 584. The van der Waals surface area contributed by atoms with Crippen molar-refractivity contribution in [3.8, 4) is 10.4 Å². The third kappa shape index (κ3) is 2.65. The topological polar surface area (TPSA) is 54.4 Å². The molecule has 1 aromatic carbocycles. The zero-order valence-electron chi connectivity index (χ0n) is 9.84. The Morgan fingerprint density at radius 2 is 1.89 bits per heavy atom. The zero-order chi connectivity index (χ0) is 13.1. The van der Waals surface area contributed by atoms with Crippen LogP contribution in [0.3, 0.4) is 0 Å². The van der Waals surface area contributed by atoms with Crippen molar-refractivity contribution in [2.45, 2.75) is 13.3 Å². The Morgan fingerprint density at radius 3 is 2.44 bits per heavy atom. The molecule has 2 aromatic rings. The summed E-state index contributed by atoms with van der Waals surface area (Å²) in [6.07, 6.45) is -0.0615. The molecule has 0 fully saturated rings. The van der Waals surface area contributed by atoms with E-state index < -0.39 is 5.97 Å². The summed E-state index contributed by atoms with van der Waals surface area (Å²) in [6.45, 7) is 1.49. The molecule has 1 N–H and O–H groups in total. The molecule has 0 radical (unpaired) electrons. The first-order valence-corrected chi connectivity index (χ1v) is 6.30. The Labute approximate surface area is 109 Å².